The van der Waals surface area contributed by atoms with Gasteiger partial charge in [-0.2, -0.15) is 17.8 Å². The smallest absolute Gasteiger partial charge is 0.202 e. The van der Waals surface area contributed by atoms with Gasteiger partial charge in [0.1, 0.15) is 20.3 Å². The quantitative estimate of drug-likeness (QED) is 0.412. The van der Waals surface area contributed by atoms with Crippen LogP contribution < -0.4 is 0 Å². The summed E-state index contributed by atoms with van der Waals surface area (Å²) in [7, 11) is 5.16. The molecule has 0 aliphatic carbocycles. The van der Waals surface area contributed by atoms with Crippen LogP contribution in [0.4, 0.5) is 13.2 Å². The lowest BCUT2D eigenvalue weighted by atomic mass is 10.0. The zero-order valence-electron chi connectivity index (χ0n) is 11.0. The average molecular weight is 252 g/mol. The monoisotopic (exact) mass is 252 g/mol. The summed E-state index contributed by atoms with van der Waals surface area (Å²) in [6.45, 7) is 3.86. The van der Waals surface area contributed by atoms with E-state index in [9.17, 15) is 13.2 Å². The molecule has 0 aromatic rings. The van der Waals surface area contributed by atoms with Crippen molar-refractivity contribution in [2.75, 3.05) is 21.2 Å². The van der Waals surface area contributed by atoms with E-state index in [4.69, 9.17) is 4.84 Å². The number of halogens is 3. The molecule has 2 nitrogen and oxygen atoms in total. The maximum atomic E-state index is 12.0. The summed E-state index contributed by atoms with van der Waals surface area (Å²) in [6.07, 6.45) is -0.613. The molecular formula is C12H21F3NO+. The fraction of sp³-hybridized carbons (Fsp3) is 0.667. The predicted octanol–water partition coefficient (Wildman–Crippen LogP) is 3.67. The highest BCUT2D eigenvalue weighted by Crippen LogP contribution is 2.21. The van der Waals surface area contributed by atoms with Crippen molar-refractivity contribution in [3.05, 3.63) is 23.9 Å². The molecule has 0 aliphatic heterocycles. The second-order valence-electron chi connectivity index (χ2n) is 4.62. The number of allylic oxidation sites excluding steroid dienone is 3. The largest absolute Gasteiger partial charge is 0.392 e. The molecule has 5 heteroatoms. The van der Waals surface area contributed by atoms with Crippen molar-refractivity contribution in [2.45, 2.75) is 26.4 Å². The van der Waals surface area contributed by atoms with Crippen molar-refractivity contribution >= 4 is 0 Å². The lowest BCUT2D eigenvalue weighted by Gasteiger charge is -2.21. The topological polar surface area (TPSA) is 9.23 Å². The molecule has 0 bridgehead atoms. The van der Waals surface area contributed by atoms with Gasteiger partial charge in [0.15, 0.2) is 0 Å². The zero-order valence-corrected chi connectivity index (χ0v) is 11.0. The van der Waals surface area contributed by atoms with Gasteiger partial charge in [0, 0.05) is 5.57 Å². The number of nitrogens with zero attached hydrogens (tertiary/aromatic N) is 1. The first kappa shape index (κ1) is 16.2. The van der Waals surface area contributed by atoms with Gasteiger partial charge in [-0.25, -0.2) is 4.84 Å². The molecule has 0 aliphatic rings. The fourth-order valence-corrected chi connectivity index (χ4v) is 1.12. The normalized spacial score (nSPS) is 15.0. The maximum absolute atomic E-state index is 12.0. The average Bonchev–Trinajstić information content (AvgIpc) is 2.14. The molecule has 0 N–H and O–H groups in total. The lowest BCUT2D eigenvalue weighted by Crippen LogP contribution is -2.32. The molecule has 0 aromatic heterocycles. The Morgan fingerprint density at radius 3 is 2.18 bits per heavy atom. The number of hydroxylamine groups is 3. The molecule has 0 rings (SSSR count). The molecule has 0 saturated carbocycles. The van der Waals surface area contributed by atoms with E-state index < -0.39 is 12.6 Å². The molecule has 0 aromatic carbocycles. The van der Waals surface area contributed by atoms with Crippen LogP contribution in [-0.4, -0.2) is 32.0 Å². The van der Waals surface area contributed by atoms with E-state index in [1.807, 2.05) is 13.8 Å². The van der Waals surface area contributed by atoms with Gasteiger partial charge >= 0.3 is 6.18 Å². The summed E-state index contributed by atoms with van der Waals surface area (Å²) in [6, 6.07) is 0. The van der Waals surface area contributed by atoms with Crippen LogP contribution in [0.3, 0.4) is 0 Å². The van der Waals surface area contributed by atoms with Crippen molar-refractivity contribution in [1.82, 2.24) is 0 Å². The minimum Gasteiger partial charge on any atom is -0.202 e. The van der Waals surface area contributed by atoms with Gasteiger partial charge in [-0.1, -0.05) is 26.0 Å². The summed E-state index contributed by atoms with van der Waals surface area (Å²) < 4.78 is 36.2. The Morgan fingerprint density at radius 2 is 1.82 bits per heavy atom. The minimum atomic E-state index is -4.15. The second kappa shape index (κ2) is 6.21. The number of alkyl halides is 3. The zero-order chi connectivity index (χ0) is 13.7. The van der Waals surface area contributed by atoms with Crippen molar-refractivity contribution in [3.8, 4) is 0 Å². The van der Waals surface area contributed by atoms with E-state index in [-0.39, 0.29) is 10.6 Å². The second-order valence-corrected chi connectivity index (χ2v) is 4.62. The molecular weight excluding hydrogens is 231 g/mol. The molecule has 0 fully saturated rings. The number of quaternary nitrogens is 1. The fourth-order valence-electron chi connectivity index (χ4n) is 1.12. The van der Waals surface area contributed by atoms with Gasteiger partial charge in [0.2, 0.25) is 0 Å². The van der Waals surface area contributed by atoms with E-state index in [1.54, 1.807) is 27.4 Å². The van der Waals surface area contributed by atoms with Gasteiger partial charge in [-0.3, -0.25) is 0 Å². The van der Waals surface area contributed by atoms with E-state index in [0.717, 1.165) is 11.6 Å². The van der Waals surface area contributed by atoms with Gasteiger partial charge in [-0.05, 0) is 5.92 Å². The molecule has 0 spiro atoms. The Bertz CT molecular complexity index is 291. The summed E-state index contributed by atoms with van der Waals surface area (Å²) in [4.78, 5) is 5.17. The molecule has 0 heterocycles. The van der Waals surface area contributed by atoms with Gasteiger partial charge < -0.3 is 0 Å². The first-order valence-electron chi connectivity index (χ1n) is 5.43. The van der Waals surface area contributed by atoms with Crippen LogP contribution in [0.25, 0.3) is 0 Å². The van der Waals surface area contributed by atoms with Crippen molar-refractivity contribution in [2.24, 2.45) is 5.92 Å². The van der Waals surface area contributed by atoms with E-state index in [1.165, 1.54) is 6.08 Å². The molecule has 100 valence electrons. The first-order chi connectivity index (χ1) is 7.57. The molecule has 17 heavy (non-hydrogen) atoms. The van der Waals surface area contributed by atoms with Crippen molar-refractivity contribution < 1.29 is 22.7 Å². The SMILES string of the molecule is CO[N+](C)(C)C=C(C=CCC(F)(F)F)C(C)C. The van der Waals surface area contributed by atoms with Gasteiger partial charge in [0.25, 0.3) is 0 Å². The Morgan fingerprint density at radius 1 is 1.29 bits per heavy atom. The number of rotatable bonds is 5. The Labute approximate surface area is 101 Å². The highest BCUT2D eigenvalue weighted by atomic mass is 19.4. The lowest BCUT2D eigenvalue weighted by molar-refractivity contribution is -1.03. The van der Waals surface area contributed by atoms with Crippen LogP contribution in [0.5, 0.6) is 0 Å². The number of hydrogen-bond donors (Lipinski definition) is 0. The van der Waals surface area contributed by atoms with Crippen molar-refractivity contribution in [3.63, 3.8) is 0 Å². The molecule has 0 radical (unpaired) electrons. The summed E-state index contributed by atoms with van der Waals surface area (Å²) >= 11 is 0. The summed E-state index contributed by atoms with van der Waals surface area (Å²) in [5, 5.41) is 0. The van der Waals surface area contributed by atoms with Crippen molar-refractivity contribution in [1.29, 1.82) is 0 Å². The van der Waals surface area contributed by atoms with E-state index in [2.05, 4.69) is 0 Å². The van der Waals surface area contributed by atoms with E-state index in [0.29, 0.717) is 0 Å². The third-order valence-corrected chi connectivity index (χ3v) is 2.26. The standard InChI is InChI=1S/C12H21F3NO/c1-10(2)11(9-16(3,4)17-5)7-6-8-12(13,14)15/h6-7,9-10H,8H2,1-5H3/q+1. The molecule has 0 saturated heterocycles. The highest BCUT2D eigenvalue weighted by molar-refractivity contribution is 5.18. The highest BCUT2D eigenvalue weighted by Gasteiger charge is 2.24. The van der Waals surface area contributed by atoms with E-state index >= 15 is 0 Å². The van der Waals surface area contributed by atoms with Crippen LogP contribution in [0, 0.1) is 5.92 Å². The molecule has 0 unspecified atom stereocenters. The third kappa shape index (κ3) is 7.99. The van der Waals surface area contributed by atoms with Crippen LogP contribution in [0.15, 0.2) is 23.9 Å². The third-order valence-electron chi connectivity index (χ3n) is 2.26. The van der Waals surface area contributed by atoms with Crippen LogP contribution in [0.2, 0.25) is 0 Å². The Balaban J connectivity index is 4.78. The van der Waals surface area contributed by atoms with Gasteiger partial charge in [-0.15, -0.1) is 0 Å². The Hall–Kier alpha value is -0.810. The van der Waals surface area contributed by atoms with Crippen LogP contribution >= 0.6 is 0 Å². The maximum Gasteiger partial charge on any atom is 0.392 e. The molecule has 0 atom stereocenters. The van der Waals surface area contributed by atoms with Gasteiger partial charge in [0.05, 0.1) is 13.5 Å². The first-order valence-corrected chi connectivity index (χ1v) is 5.43. The van der Waals surface area contributed by atoms with Crippen LogP contribution in [-0.2, 0) is 4.84 Å². The molecule has 0 amide bonds. The predicted molar refractivity (Wildman–Crippen MR) is 61.9 cm³/mol. The minimum absolute atomic E-state index is 0.145. The Kier molecular flexibility index (Phi) is 5.92. The number of hydrogen-bond acceptors (Lipinski definition) is 1. The summed E-state index contributed by atoms with van der Waals surface area (Å²) in [5.74, 6) is 0.145. The van der Waals surface area contributed by atoms with Crippen LogP contribution in [0.1, 0.15) is 20.3 Å². The summed E-state index contributed by atoms with van der Waals surface area (Å²) in [5.41, 5.74) is 0.820.